The number of alkyl halides is 3. The Labute approximate surface area is 147 Å². The fourth-order valence-corrected chi connectivity index (χ4v) is 3.45. The lowest BCUT2D eigenvalue weighted by molar-refractivity contribution is -0.144. The predicted molar refractivity (Wildman–Crippen MR) is 86.0 cm³/mol. The molecule has 0 aromatic carbocycles. The van der Waals surface area contributed by atoms with Crippen LogP contribution in [0.5, 0.6) is 0 Å². The first-order valence-corrected chi connectivity index (χ1v) is 8.73. The summed E-state index contributed by atoms with van der Waals surface area (Å²) in [5.41, 5.74) is 1.57. The molecule has 1 aromatic heterocycles. The summed E-state index contributed by atoms with van der Waals surface area (Å²) in [7, 11) is 0. The Morgan fingerprint density at radius 3 is 2.56 bits per heavy atom. The van der Waals surface area contributed by atoms with E-state index in [1.807, 2.05) is 25.2 Å². The molecule has 0 aliphatic carbocycles. The number of nitrogens with one attached hydrogen (secondary N) is 1. The lowest BCUT2D eigenvalue weighted by Crippen LogP contribution is -2.48. The minimum Gasteiger partial charge on any atom is -0.345 e. The van der Waals surface area contributed by atoms with E-state index in [1.54, 1.807) is 0 Å². The molecule has 2 rings (SSSR count). The second-order valence-corrected chi connectivity index (χ2v) is 6.74. The third-order valence-corrected chi connectivity index (χ3v) is 4.46. The second-order valence-electron chi connectivity index (χ2n) is 5.80. The molecule has 1 unspecified atom stereocenters. The number of amides is 2. The van der Waals surface area contributed by atoms with Gasteiger partial charge in [0.1, 0.15) is 12.6 Å². The molecular formula is C15H19F3N4O2S. The van der Waals surface area contributed by atoms with Gasteiger partial charge in [0.05, 0.1) is 5.75 Å². The highest BCUT2D eigenvalue weighted by atomic mass is 32.2. The highest BCUT2D eigenvalue weighted by Crippen LogP contribution is 2.21. The standard InChI is InChI=1S/C15H19F3N4O2S/c1-9-6-10(2)21-14(20-9)25-7-12(23)22-5-3-4-11(22)13(24)19-8-15(16,17)18/h6,11H,3-5,7-8H2,1-2H3,(H,19,24). The summed E-state index contributed by atoms with van der Waals surface area (Å²) in [5, 5.41) is 2.31. The Kier molecular flexibility index (Phi) is 6.26. The number of nitrogens with zero attached hydrogens (tertiary/aromatic N) is 3. The van der Waals surface area contributed by atoms with Crippen LogP contribution in [0.15, 0.2) is 11.2 Å². The SMILES string of the molecule is Cc1cc(C)nc(SCC(=O)N2CCCC2C(=O)NCC(F)(F)F)n1. The van der Waals surface area contributed by atoms with Crippen molar-refractivity contribution in [3.63, 3.8) is 0 Å². The van der Waals surface area contributed by atoms with Crippen molar-refractivity contribution in [2.24, 2.45) is 0 Å². The first-order chi connectivity index (χ1) is 11.7. The van der Waals surface area contributed by atoms with Crippen LogP contribution < -0.4 is 5.32 Å². The van der Waals surface area contributed by atoms with Crippen molar-refractivity contribution in [2.75, 3.05) is 18.8 Å². The average molecular weight is 376 g/mol. The van der Waals surface area contributed by atoms with Crippen LogP contribution in [-0.2, 0) is 9.59 Å². The topological polar surface area (TPSA) is 75.2 Å². The third-order valence-electron chi connectivity index (χ3n) is 3.63. The first-order valence-electron chi connectivity index (χ1n) is 7.75. The van der Waals surface area contributed by atoms with Crippen molar-refractivity contribution in [1.82, 2.24) is 20.2 Å². The quantitative estimate of drug-likeness (QED) is 0.627. The van der Waals surface area contributed by atoms with Gasteiger partial charge in [0.15, 0.2) is 5.16 Å². The minimum absolute atomic E-state index is 0.0337. The van der Waals surface area contributed by atoms with Gasteiger partial charge in [-0.1, -0.05) is 11.8 Å². The second kappa shape index (κ2) is 8.03. The molecule has 0 radical (unpaired) electrons. The van der Waals surface area contributed by atoms with Gasteiger partial charge in [-0.2, -0.15) is 13.2 Å². The Hall–Kier alpha value is -1.84. The minimum atomic E-state index is -4.47. The molecular weight excluding hydrogens is 357 g/mol. The molecule has 1 atom stereocenters. The summed E-state index contributed by atoms with van der Waals surface area (Å²) in [4.78, 5) is 34.1. The van der Waals surface area contributed by atoms with E-state index in [2.05, 4.69) is 9.97 Å². The van der Waals surface area contributed by atoms with Crippen LogP contribution in [0.4, 0.5) is 13.2 Å². The molecule has 1 aliphatic heterocycles. The van der Waals surface area contributed by atoms with E-state index in [0.29, 0.717) is 24.5 Å². The molecule has 138 valence electrons. The van der Waals surface area contributed by atoms with E-state index in [1.165, 1.54) is 4.90 Å². The zero-order valence-corrected chi connectivity index (χ0v) is 14.7. The Morgan fingerprint density at radius 2 is 1.96 bits per heavy atom. The summed E-state index contributed by atoms with van der Waals surface area (Å²) < 4.78 is 36.7. The van der Waals surface area contributed by atoms with E-state index in [-0.39, 0.29) is 11.7 Å². The van der Waals surface area contributed by atoms with Gasteiger partial charge in [0, 0.05) is 17.9 Å². The van der Waals surface area contributed by atoms with Crippen molar-refractivity contribution in [3.8, 4) is 0 Å². The maximum atomic E-state index is 12.4. The zero-order valence-electron chi connectivity index (χ0n) is 13.9. The van der Waals surface area contributed by atoms with Gasteiger partial charge in [-0.25, -0.2) is 9.97 Å². The number of aromatic nitrogens is 2. The Balaban J connectivity index is 1.92. The molecule has 2 heterocycles. The van der Waals surface area contributed by atoms with Crippen molar-refractivity contribution in [3.05, 3.63) is 17.5 Å². The molecule has 1 fully saturated rings. The van der Waals surface area contributed by atoms with E-state index in [4.69, 9.17) is 0 Å². The number of hydrogen-bond acceptors (Lipinski definition) is 5. The van der Waals surface area contributed by atoms with Crippen molar-refractivity contribution in [1.29, 1.82) is 0 Å². The number of aryl methyl sites for hydroxylation is 2. The summed E-state index contributed by atoms with van der Waals surface area (Å²) in [6.45, 7) is 2.61. The lowest BCUT2D eigenvalue weighted by atomic mass is 10.2. The summed E-state index contributed by atoms with van der Waals surface area (Å²) in [5.74, 6) is -1.04. The van der Waals surface area contributed by atoms with E-state index in [0.717, 1.165) is 23.1 Å². The predicted octanol–water partition coefficient (Wildman–Crippen LogP) is 1.86. The van der Waals surface area contributed by atoms with Gasteiger partial charge in [-0.15, -0.1) is 0 Å². The fraction of sp³-hybridized carbons (Fsp3) is 0.600. The van der Waals surface area contributed by atoms with E-state index >= 15 is 0 Å². The van der Waals surface area contributed by atoms with Gasteiger partial charge in [0.25, 0.3) is 0 Å². The molecule has 1 saturated heterocycles. The van der Waals surface area contributed by atoms with Gasteiger partial charge in [0.2, 0.25) is 11.8 Å². The van der Waals surface area contributed by atoms with E-state index < -0.39 is 24.7 Å². The fourth-order valence-electron chi connectivity index (χ4n) is 2.61. The van der Waals surface area contributed by atoms with Crippen LogP contribution in [0.3, 0.4) is 0 Å². The number of halogens is 3. The molecule has 1 aliphatic rings. The Bertz CT molecular complexity index is 634. The number of thioether (sulfide) groups is 1. The van der Waals surface area contributed by atoms with Crippen LogP contribution in [0.25, 0.3) is 0 Å². The van der Waals surface area contributed by atoms with Crippen molar-refractivity contribution in [2.45, 2.75) is 44.1 Å². The molecule has 10 heteroatoms. The average Bonchev–Trinajstić information content (AvgIpc) is 2.98. The number of carbonyl (C=O) groups is 2. The highest BCUT2D eigenvalue weighted by Gasteiger charge is 2.36. The number of carbonyl (C=O) groups excluding carboxylic acids is 2. The van der Waals surface area contributed by atoms with Crippen LogP contribution in [0.1, 0.15) is 24.2 Å². The largest absolute Gasteiger partial charge is 0.405 e. The van der Waals surface area contributed by atoms with Crippen LogP contribution in [-0.4, -0.2) is 57.7 Å². The van der Waals surface area contributed by atoms with Crippen LogP contribution in [0, 0.1) is 13.8 Å². The van der Waals surface area contributed by atoms with Gasteiger partial charge in [-0.05, 0) is 32.8 Å². The molecule has 0 saturated carbocycles. The first kappa shape index (κ1) is 19.5. The number of hydrogen-bond donors (Lipinski definition) is 1. The molecule has 0 spiro atoms. The molecule has 1 N–H and O–H groups in total. The normalized spacial score (nSPS) is 17.6. The molecule has 1 aromatic rings. The number of likely N-dealkylation sites (tertiary alicyclic amines) is 1. The van der Waals surface area contributed by atoms with Crippen LogP contribution in [0.2, 0.25) is 0 Å². The smallest absolute Gasteiger partial charge is 0.345 e. The molecule has 0 bridgehead atoms. The highest BCUT2D eigenvalue weighted by molar-refractivity contribution is 7.99. The summed E-state index contributed by atoms with van der Waals surface area (Å²) in [6.07, 6.45) is -3.53. The summed E-state index contributed by atoms with van der Waals surface area (Å²) in [6, 6.07) is 0.962. The summed E-state index contributed by atoms with van der Waals surface area (Å²) >= 11 is 1.15. The zero-order chi connectivity index (χ0) is 18.6. The van der Waals surface area contributed by atoms with E-state index in [9.17, 15) is 22.8 Å². The monoisotopic (exact) mass is 376 g/mol. The lowest BCUT2D eigenvalue weighted by Gasteiger charge is -2.24. The van der Waals surface area contributed by atoms with Gasteiger partial charge >= 0.3 is 6.18 Å². The van der Waals surface area contributed by atoms with Crippen molar-refractivity contribution >= 4 is 23.6 Å². The van der Waals surface area contributed by atoms with Gasteiger partial charge in [-0.3, -0.25) is 9.59 Å². The maximum absolute atomic E-state index is 12.4. The molecule has 25 heavy (non-hydrogen) atoms. The number of rotatable bonds is 5. The maximum Gasteiger partial charge on any atom is 0.405 e. The molecule has 2 amide bonds. The Morgan fingerprint density at radius 1 is 1.32 bits per heavy atom. The van der Waals surface area contributed by atoms with Gasteiger partial charge < -0.3 is 10.2 Å². The third kappa shape index (κ3) is 5.87. The van der Waals surface area contributed by atoms with Crippen molar-refractivity contribution < 1.29 is 22.8 Å². The van der Waals surface area contributed by atoms with Crippen LogP contribution >= 0.6 is 11.8 Å². The molecule has 6 nitrogen and oxygen atoms in total.